The summed E-state index contributed by atoms with van der Waals surface area (Å²) < 4.78 is 11.2. The third kappa shape index (κ3) is 2.38. The quantitative estimate of drug-likeness (QED) is 0.737. The highest BCUT2D eigenvalue weighted by Gasteiger charge is 2.37. The van der Waals surface area contributed by atoms with Crippen molar-refractivity contribution in [2.24, 2.45) is 5.92 Å². The Bertz CT molecular complexity index is 876. The normalized spacial score (nSPS) is 21.1. The predicted octanol–water partition coefficient (Wildman–Crippen LogP) is 3.21. The third-order valence-electron chi connectivity index (χ3n) is 4.83. The Balaban J connectivity index is 1.38. The molecule has 2 aromatic heterocycles. The molecule has 1 aliphatic carbocycles. The highest BCUT2D eigenvalue weighted by molar-refractivity contribution is 5.81. The number of likely N-dealkylation sites (tertiary alicyclic amines) is 1. The van der Waals surface area contributed by atoms with Crippen LogP contribution in [0.15, 0.2) is 39.3 Å². The van der Waals surface area contributed by atoms with E-state index in [1.165, 1.54) is 12.8 Å². The number of carbonyl (C=O) groups is 1. The molecule has 0 spiro atoms. The van der Waals surface area contributed by atoms with Crippen molar-refractivity contribution in [3.63, 3.8) is 0 Å². The number of hydrogen-bond acceptors (Lipinski definition) is 5. The lowest BCUT2D eigenvalue weighted by Gasteiger charge is -2.14. The second kappa shape index (κ2) is 5.19. The minimum absolute atomic E-state index is 0.0121. The lowest BCUT2D eigenvalue weighted by atomic mass is 10.1. The highest BCUT2D eigenvalue weighted by atomic mass is 16.5. The van der Waals surface area contributed by atoms with Gasteiger partial charge >= 0.3 is 0 Å². The van der Waals surface area contributed by atoms with E-state index in [1.54, 1.807) is 0 Å². The van der Waals surface area contributed by atoms with Crippen LogP contribution in [0.1, 0.15) is 31.1 Å². The SMILES string of the molecule is O=C1C[C@@H](c2nc(-c3cc4ccccc4o3)no2)CN1CC1CC1. The first-order valence-electron chi connectivity index (χ1n) is 8.36. The van der Waals surface area contributed by atoms with Crippen molar-refractivity contribution in [3.8, 4) is 11.6 Å². The summed E-state index contributed by atoms with van der Waals surface area (Å²) in [7, 11) is 0. The summed E-state index contributed by atoms with van der Waals surface area (Å²) in [6.07, 6.45) is 2.94. The number of rotatable bonds is 4. The van der Waals surface area contributed by atoms with Gasteiger partial charge in [-0.15, -0.1) is 0 Å². The van der Waals surface area contributed by atoms with Crippen LogP contribution in [0.5, 0.6) is 0 Å². The van der Waals surface area contributed by atoms with E-state index in [0.29, 0.717) is 36.4 Å². The van der Waals surface area contributed by atoms with E-state index in [9.17, 15) is 4.79 Å². The van der Waals surface area contributed by atoms with Crippen LogP contribution >= 0.6 is 0 Å². The molecule has 3 aromatic rings. The number of nitrogens with zero attached hydrogens (tertiary/aromatic N) is 3. The van der Waals surface area contributed by atoms with Gasteiger partial charge in [0.05, 0.1) is 5.92 Å². The first-order chi connectivity index (χ1) is 11.8. The minimum Gasteiger partial charge on any atom is -0.453 e. The van der Waals surface area contributed by atoms with Crippen molar-refractivity contribution < 1.29 is 13.7 Å². The van der Waals surface area contributed by atoms with Gasteiger partial charge in [0.15, 0.2) is 5.76 Å². The number of benzene rings is 1. The Labute approximate surface area is 138 Å². The van der Waals surface area contributed by atoms with Crippen LogP contribution in [0.4, 0.5) is 0 Å². The summed E-state index contributed by atoms with van der Waals surface area (Å²) in [5, 5.41) is 5.05. The number of amides is 1. The number of furan rings is 1. The number of fused-ring (bicyclic) bond motifs is 1. The first-order valence-corrected chi connectivity index (χ1v) is 8.36. The van der Waals surface area contributed by atoms with Gasteiger partial charge in [-0.05, 0) is 30.9 Å². The van der Waals surface area contributed by atoms with Gasteiger partial charge < -0.3 is 13.8 Å². The molecule has 1 aliphatic heterocycles. The maximum Gasteiger partial charge on any atom is 0.238 e. The van der Waals surface area contributed by atoms with Gasteiger partial charge in [0.25, 0.3) is 0 Å². The summed E-state index contributed by atoms with van der Waals surface area (Å²) in [5.74, 6) is 2.43. The lowest BCUT2D eigenvalue weighted by molar-refractivity contribution is -0.127. The molecule has 2 aliphatic rings. The molecule has 1 aromatic carbocycles. The Kier molecular flexibility index (Phi) is 2.98. The fourth-order valence-electron chi connectivity index (χ4n) is 3.32. The summed E-state index contributed by atoms with van der Waals surface area (Å²) in [6, 6.07) is 9.68. The van der Waals surface area contributed by atoms with Crippen LogP contribution < -0.4 is 0 Å². The highest BCUT2D eigenvalue weighted by Crippen LogP contribution is 2.35. The molecule has 0 unspecified atom stereocenters. The molecule has 1 saturated heterocycles. The summed E-state index contributed by atoms with van der Waals surface area (Å²) >= 11 is 0. The summed E-state index contributed by atoms with van der Waals surface area (Å²) in [6.45, 7) is 1.55. The zero-order valence-corrected chi connectivity index (χ0v) is 13.1. The third-order valence-corrected chi connectivity index (χ3v) is 4.83. The second-order valence-corrected chi connectivity index (χ2v) is 6.75. The number of aromatic nitrogens is 2. The smallest absolute Gasteiger partial charge is 0.238 e. The molecule has 3 heterocycles. The maximum atomic E-state index is 12.1. The molecule has 1 saturated carbocycles. The second-order valence-electron chi connectivity index (χ2n) is 6.75. The first kappa shape index (κ1) is 13.8. The van der Waals surface area contributed by atoms with Crippen LogP contribution in [0, 0.1) is 5.92 Å². The zero-order chi connectivity index (χ0) is 16.1. The Morgan fingerprint density at radius 3 is 2.96 bits per heavy atom. The van der Waals surface area contributed by atoms with Crippen LogP contribution in [0.3, 0.4) is 0 Å². The van der Waals surface area contributed by atoms with Gasteiger partial charge in [-0.1, -0.05) is 23.4 Å². The standard InChI is InChI=1S/C18H17N3O3/c22-16-8-13(10-21(16)9-11-5-6-11)18-19-17(20-24-18)15-7-12-3-1-2-4-14(12)23-15/h1-4,7,11,13H,5-6,8-10H2/t13-/m1/s1. The van der Waals surface area contributed by atoms with Crippen molar-refractivity contribution in [2.75, 3.05) is 13.1 Å². The maximum absolute atomic E-state index is 12.1. The molecule has 2 fully saturated rings. The van der Waals surface area contributed by atoms with Crippen molar-refractivity contribution >= 4 is 16.9 Å². The number of hydrogen-bond donors (Lipinski definition) is 0. The van der Waals surface area contributed by atoms with Crippen molar-refractivity contribution in [1.29, 1.82) is 0 Å². The van der Waals surface area contributed by atoms with Gasteiger partial charge in [0, 0.05) is 24.9 Å². The van der Waals surface area contributed by atoms with E-state index in [0.717, 1.165) is 17.5 Å². The van der Waals surface area contributed by atoms with Gasteiger partial charge in [-0.3, -0.25) is 4.79 Å². The molecule has 0 N–H and O–H groups in total. The van der Waals surface area contributed by atoms with Gasteiger partial charge in [-0.25, -0.2) is 0 Å². The van der Waals surface area contributed by atoms with Crippen molar-refractivity contribution in [2.45, 2.75) is 25.2 Å². The molecule has 122 valence electrons. The van der Waals surface area contributed by atoms with Gasteiger partial charge in [-0.2, -0.15) is 4.98 Å². The largest absolute Gasteiger partial charge is 0.453 e. The monoisotopic (exact) mass is 323 g/mol. The summed E-state index contributed by atoms with van der Waals surface area (Å²) in [5.41, 5.74) is 0.797. The molecule has 0 bridgehead atoms. The van der Waals surface area contributed by atoms with Crippen LogP contribution in [-0.2, 0) is 4.79 Å². The molecular formula is C18H17N3O3. The van der Waals surface area contributed by atoms with Crippen LogP contribution in [0.25, 0.3) is 22.6 Å². The summed E-state index contributed by atoms with van der Waals surface area (Å²) in [4.78, 5) is 18.5. The predicted molar refractivity (Wildman–Crippen MR) is 86.2 cm³/mol. The Hall–Kier alpha value is -2.63. The Morgan fingerprint density at radius 2 is 2.12 bits per heavy atom. The number of para-hydroxylation sites is 1. The van der Waals surface area contributed by atoms with E-state index in [-0.39, 0.29) is 11.8 Å². The fourth-order valence-corrected chi connectivity index (χ4v) is 3.32. The minimum atomic E-state index is -0.0121. The average Bonchev–Trinajstić information content (AvgIpc) is 3.01. The average molecular weight is 323 g/mol. The van der Waals surface area contributed by atoms with Crippen molar-refractivity contribution in [3.05, 3.63) is 36.2 Å². The molecule has 1 amide bonds. The van der Waals surface area contributed by atoms with E-state index >= 15 is 0 Å². The van der Waals surface area contributed by atoms with E-state index in [2.05, 4.69) is 10.1 Å². The van der Waals surface area contributed by atoms with Crippen LogP contribution in [-0.4, -0.2) is 34.0 Å². The number of carbonyl (C=O) groups excluding carboxylic acids is 1. The fraction of sp³-hybridized carbons (Fsp3) is 0.389. The Morgan fingerprint density at radius 1 is 1.25 bits per heavy atom. The van der Waals surface area contributed by atoms with Gasteiger partial charge in [0.2, 0.25) is 17.6 Å². The molecule has 0 radical (unpaired) electrons. The van der Waals surface area contributed by atoms with Gasteiger partial charge in [0.1, 0.15) is 5.58 Å². The van der Waals surface area contributed by atoms with E-state index < -0.39 is 0 Å². The molecule has 6 heteroatoms. The zero-order valence-electron chi connectivity index (χ0n) is 13.1. The van der Waals surface area contributed by atoms with E-state index in [4.69, 9.17) is 8.94 Å². The molecule has 24 heavy (non-hydrogen) atoms. The molecule has 6 nitrogen and oxygen atoms in total. The topological polar surface area (TPSA) is 72.4 Å². The van der Waals surface area contributed by atoms with Crippen LogP contribution in [0.2, 0.25) is 0 Å². The lowest BCUT2D eigenvalue weighted by Crippen LogP contribution is -2.27. The molecule has 1 atom stereocenters. The van der Waals surface area contributed by atoms with Crippen molar-refractivity contribution in [1.82, 2.24) is 15.0 Å². The van der Waals surface area contributed by atoms with E-state index in [1.807, 2.05) is 35.2 Å². The molecular weight excluding hydrogens is 306 g/mol. The molecule has 5 rings (SSSR count).